The number of nitrogens with zero attached hydrogens (tertiary/aromatic N) is 2. The van der Waals surface area contributed by atoms with E-state index in [0.29, 0.717) is 11.8 Å². The third kappa shape index (κ3) is 5.09. The highest BCUT2D eigenvalue weighted by molar-refractivity contribution is 7.85. The zero-order chi connectivity index (χ0) is 19.3. The van der Waals surface area contributed by atoms with Crippen LogP contribution in [0.2, 0.25) is 0 Å². The van der Waals surface area contributed by atoms with Crippen molar-refractivity contribution in [3.8, 4) is 0 Å². The van der Waals surface area contributed by atoms with E-state index in [9.17, 15) is 8.42 Å². The van der Waals surface area contributed by atoms with Crippen molar-refractivity contribution in [3.05, 3.63) is 77.9 Å². The molecule has 0 spiro atoms. The molecule has 1 aromatic heterocycles. The van der Waals surface area contributed by atoms with E-state index in [1.807, 2.05) is 19.3 Å². The zero-order valence-corrected chi connectivity index (χ0v) is 15.9. The Morgan fingerprint density at radius 3 is 1.89 bits per heavy atom. The lowest BCUT2D eigenvalue weighted by molar-refractivity contribution is 0.453. The molecule has 0 amide bonds. The molecule has 1 fully saturated rings. The minimum absolute atomic E-state index is 0.0666. The standard InChI is InChI=1S/C13H15N3.C7H8O3S/c1-3-14-5-6-15-4-2-13-11-7-10(12(1)13)8-16-9-11;1-6-2-4-7(5-3-6)11(8,9)10/h1-6,10-11,16H,7-9H2;2-5H,1H3,(H,8,9,10). The van der Waals surface area contributed by atoms with Gasteiger partial charge < -0.3 is 5.32 Å². The third-order valence-corrected chi connectivity index (χ3v) is 5.67. The van der Waals surface area contributed by atoms with Crippen LogP contribution < -0.4 is 5.32 Å². The molecule has 7 heteroatoms. The van der Waals surface area contributed by atoms with Crippen LogP contribution in [0.1, 0.15) is 34.9 Å². The van der Waals surface area contributed by atoms with E-state index < -0.39 is 10.1 Å². The molecule has 2 N–H and O–H groups in total. The first-order chi connectivity index (χ1) is 12.9. The summed E-state index contributed by atoms with van der Waals surface area (Å²) in [6.07, 6.45) is 8.46. The molecule has 1 aliphatic heterocycles. The Morgan fingerprint density at radius 1 is 0.889 bits per heavy atom. The summed E-state index contributed by atoms with van der Waals surface area (Å²) in [7, 11) is -4.02. The van der Waals surface area contributed by atoms with Gasteiger partial charge in [-0.25, -0.2) is 0 Å². The summed E-state index contributed by atoms with van der Waals surface area (Å²) >= 11 is 0. The maximum Gasteiger partial charge on any atom is 0.294 e. The van der Waals surface area contributed by atoms with E-state index in [2.05, 4.69) is 27.4 Å². The first-order valence-corrected chi connectivity index (χ1v) is 10.3. The maximum atomic E-state index is 10.5. The molecule has 27 heavy (non-hydrogen) atoms. The van der Waals surface area contributed by atoms with Crippen molar-refractivity contribution >= 4 is 10.1 Å². The SMILES string of the molecule is Cc1ccc(S(=O)(=O)O)cc1.c1cnccc2c(ccn1)C1CNCC2C1. The lowest BCUT2D eigenvalue weighted by Gasteiger charge is -2.19. The van der Waals surface area contributed by atoms with Gasteiger partial charge >= 0.3 is 0 Å². The molecule has 4 rings (SSSR count). The molecule has 142 valence electrons. The molecule has 6 nitrogen and oxygen atoms in total. The number of hydrogen-bond acceptors (Lipinski definition) is 5. The Labute approximate surface area is 159 Å². The molecule has 2 heterocycles. The van der Waals surface area contributed by atoms with Gasteiger partial charge in [-0.1, -0.05) is 17.7 Å². The van der Waals surface area contributed by atoms with E-state index in [1.54, 1.807) is 24.5 Å². The topological polar surface area (TPSA) is 92.2 Å². The molecule has 2 aliphatic rings. The fourth-order valence-electron chi connectivity index (χ4n) is 3.49. The van der Waals surface area contributed by atoms with Crippen LogP contribution in [0.5, 0.6) is 0 Å². The van der Waals surface area contributed by atoms with Crippen molar-refractivity contribution in [1.82, 2.24) is 15.3 Å². The summed E-state index contributed by atoms with van der Waals surface area (Å²) in [5.74, 6) is 1.32. The highest BCUT2D eigenvalue weighted by atomic mass is 32.2. The highest BCUT2D eigenvalue weighted by Crippen LogP contribution is 2.42. The Balaban J connectivity index is 0.000000168. The van der Waals surface area contributed by atoms with E-state index in [4.69, 9.17) is 4.55 Å². The van der Waals surface area contributed by atoms with Gasteiger partial charge in [0.15, 0.2) is 0 Å². The Morgan fingerprint density at radius 2 is 1.41 bits per heavy atom. The number of rotatable bonds is 1. The summed E-state index contributed by atoms with van der Waals surface area (Å²) in [6, 6.07) is 10.3. The molecular weight excluding hydrogens is 362 g/mol. The predicted molar refractivity (Wildman–Crippen MR) is 104 cm³/mol. The molecule has 1 aromatic carbocycles. The van der Waals surface area contributed by atoms with Gasteiger partial charge in [-0.15, -0.1) is 0 Å². The molecule has 1 saturated heterocycles. The second-order valence-corrected chi connectivity index (χ2v) is 8.14. The number of aryl methyl sites for hydroxylation is 1. The summed E-state index contributed by atoms with van der Waals surface area (Å²) in [4.78, 5) is 8.26. The number of fused-ring (bicyclic) bond motifs is 5. The van der Waals surface area contributed by atoms with Gasteiger partial charge in [-0.3, -0.25) is 14.5 Å². The summed E-state index contributed by atoms with van der Waals surface area (Å²) in [5, 5.41) is 3.49. The van der Waals surface area contributed by atoms with Crippen molar-refractivity contribution in [2.75, 3.05) is 13.1 Å². The highest BCUT2D eigenvalue weighted by Gasteiger charge is 2.32. The molecule has 2 bridgehead atoms. The Kier molecular flexibility index (Phi) is 6.15. The fourth-order valence-corrected chi connectivity index (χ4v) is 3.97. The average molecular weight is 385 g/mol. The van der Waals surface area contributed by atoms with Gasteiger partial charge in [0.1, 0.15) is 0 Å². The van der Waals surface area contributed by atoms with Crippen LogP contribution in [-0.2, 0) is 10.1 Å². The third-order valence-electron chi connectivity index (χ3n) is 4.80. The largest absolute Gasteiger partial charge is 0.316 e. The van der Waals surface area contributed by atoms with Crippen molar-refractivity contribution in [3.63, 3.8) is 0 Å². The number of piperidine rings is 1. The van der Waals surface area contributed by atoms with Gasteiger partial charge in [0.05, 0.1) is 4.90 Å². The zero-order valence-electron chi connectivity index (χ0n) is 15.1. The van der Waals surface area contributed by atoms with Gasteiger partial charge in [0, 0.05) is 37.9 Å². The number of nitrogens with one attached hydrogen (secondary N) is 1. The van der Waals surface area contributed by atoms with Crippen LogP contribution in [0.15, 0.2) is 66.1 Å². The quantitative estimate of drug-likeness (QED) is 0.733. The van der Waals surface area contributed by atoms with Crippen LogP contribution in [0.4, 0.5) is 0 Å². The van der Waals surface area contributed by atoms with Crippen LogP contribution >= 0.6 is 0 Å². The van der Waals surface area contributed by atoms with E-state index in [1.165, 1.54) is 29.7 Å². The molecule has 2 unspecified atom stereocenters. The summed E-state index contributed by atoms with van der Waals surface area (Å²) < 4.78 is 29.6. The molecule has 1 aliphatic carbocycles. The second-order valence-electron chi connectivity index (χ2n) is 6.71. The van der Waals surface area contributed by atoms with Crippen LogP contribution in [0, 0.1) is 6.92 Å². The van der Waals surface area contributed by atoms with Crippen molar-refractivity contribution in [1.29, 1.82) is 0 Å². The molecule has 0 saturated carbocycles. The second kappa shape index (κ2) is 8.56. The number of hydrogen-bond donors (Lipinski definition) is 2. The van der Waals surface area contributed by atoms with Crippen LogP contribution in [0.3, 0.4) is 0 Å². The van der Waals surface area contributed by atoms with Gasteiger partial charge in [0.2, 0.25) is 0 Å². The van der Waals surface area contributed by atoms with Gasteiger partial charge in [0.25, 0.3) is 10.1 Å². The first-order valence-electron chi connectivity index (χ1n) is 8.82. The Bertz CT molecular complexity index is 905. The van der Waals surface area contributed by atoms with E-state index in [0.717, 1.165) is 18.7 Å². The lowest BCUT2D eigenvalue weighted by Crippen LogP contribution is -2.28. The normalized spacial score (nSPS) is 19.9. The lowest BCUT2D eigenvalue weighted by atomic mass is 9.97. The molecule has 2 atom stereocenters. The monoisotopic (exact) mass is 385 g/mol. The minimum atomic E-state index is -4.02. The van der Waals surface area contributed by atoms with E-state index >= 15 is 0 Å². The van der Waals surface area contributed by atoms with E-state index in [-0.39, 0.29) is 4.90 Å². The van der Waals surface area contributed by atoms with Crippen LogP contribution in [-0.4, -0.2) is 36.0 Å². The number of benzene rings is 1. The van der Waals surface area contributed by atoms with Crippen LogP contribution in [0.25, 0.3) is 0 Å². The maximum absolute atomic E-state index is 10.5. The first kappa shape index (κ1) is 19.4. The van der Waals surface area contributed by atoms with Crippen molar-refractivity contribution in [2.24, 2.45) is 0 Å². The average Bonchev–Trinajstić information content (AvgIpc) is 2.88. The fraction of sp³-hybridized carbons (Fsp3) is 0.300. The molecule has 2 aromatic rings. The van der Waals surface area contributed by atoms with Gasteiger partial charge in [-0.2, -0.15) is 8.42 Å². The minimum Gasteiger partial charge on any atom is -0.316 e. The smallest absolute Gasteiger partial charge is 0.294 e. The van der Waals surface area contributed by atoms with Gasteiger partial charge in [-0.05, 0) is 60.6 Å². The summed E-state index contributed by atoms with van der Waals surface area (Å²) in [6.45, 7) is 4.04. The summed E-state index contributed by atoms with van der Waals surface area (Å²) in [5.41, 5.74) is 3.85. The Hall–Kier alpha value is -2.35. The van der Waals surface area contributed by atoms with Crippen molar-refractivity contribution < 1.29 is 13.0 Å². The predicted octanol–water partition coefficient (Wildman–Crippen LogP) is 3.02. The molecular formula is C20H23N3O3S. The van der Waals surface area contributed by atoms with Crippen molar-refractivity contribution in [2.45, 2.75) is 30.1 Å². The number of aromatic nitrogens is 2. The molecule has 0 radical (unpaired) electrons.